The maximum absolute atomic E-state index is 15.9. The Bertz CT molecular complexity index is 3190. The lowest BCUT2D eigenvalue weighted by molar-refractivity contribution is -0.157. The minimum absolute atomic E-state index is 0.0224. The normalized spacial score (nSPS) is 27.6. The van der Waals surface area contributed by atoms with Crippen LogP contribution in [0.4, 0.5) is 13.2 Å². The number of amides is 12. The number of likely N-dealkylation sites (tertiary alicyclic amines) is 1. The van der Waals surface area contributed by atoms with Gasteiger partial charge in [-0.1, -0.05) is 115 Å². The molecule has 0 bridgehead atoms. The highest BCUT2D eigenvalue weighted by Gasteiger charge is 2.52. The molecular weight excluding hydrogens is 1340 g/mol. The average molecular weight is 1450 g/mol. The van der Waals surface area contributed by atoms with Crippen molar-refractivity contribution in [3.63, 3.8) is 0 Å². The molecular formula is C74H112ClF3N12O12. The number of hydrogen-bond acceptors (Lipinski definition) is 12. The van der Waals surface area contributed by atoms with Gasteiger partial charge in [-0.2, -0.15) is 13.2 Å². The zero-order valence-electron chi connectivity index (χ0n) is 61.6. The molecule has 568 valence electrons. The summed E-state index contributed by atoms with van der Waals surface area (Å²) < 4.78 is 41.7. The van der Waals surface area contributed by atoms with E-state index in [1.165, 1.54) is 84.8 Å². The Morgan fingerprint density at radius 2 is 1.17 bits per heavy atom. The van der Waals surface area contributed by atoms with Gasteiger partial charge in [0.2, 0.25) is 70.9 Å². The highest BCUT2D eigenvalue weighted by Crippen LogP contribution is 2.39. The molecule has 3 saturated heterocycles. The lowest BCUT2D eigenvalue weighted by Gasteiger charge is -2.43. The molecule has 1 aromatic carbocycles. The van der Waals surface area contributed by atoms with Crippen LogP contribution in [0.1, 0.15) is 198 Å². The van der Waals surface area contributed by atoms with E-state index in [9.17, 15) is 37.1 Å². The fourth-order valence-corrected chi connectivity index (χ4v) is 17.2. The molecule has 12 amide bonds. The van der Waals surface area contributed by atoms with E-state index in [4.69, 9.17) is 11.6 Å². The Hall–Kier alpha value is -7.06. The Labute approximate surface area is 604 Å². The lowest BCUT2D eigenvalue weighted by atomic mass is 9.81. The number of nitrogens with one attached hydrogen (secondary N) is 3. The van der Waals surface area contributed by atoms with Crippen molar-refractivity contribution < 1.29 is 70.7 Å². The first-order valence-electron chi connectivity index (χ1n) is 37.5. The SMILES string of the molecule is CC[C@H](C)[C@@H]1NC(=O)[C@H](C2CCCC2)N(C)C(=O)C[C@@H](C(=O)N2CCCCC2)N(C)C(=O)[C@H](C2CCCCC2)N(C)C(=O)C2(CCCC2)NC(=O)C2CCCN2C(=O)[C@H](CCc2ccc(C(F)(F)F)c(Cl)c2)NC(=O)CN(C)C(=O)[C@H](CC2CCCCC2)N(C)C(=O)CN(C)C(=O)CN(C)C1=O. The Kier molecular flexibility index (Phi) is 28.5. The number of piperidine rings is 1. The maximum atomic E-state index is 15.9. The molecule has 3 aliphatic heterocycles. The summed E-state index contributed by atoms with van der Waals surface area (Å²) in [6.45, 7) is 2.80. The average Bonchev–Trinajstić information content (AvgIpc) is 0.980. The van der Waals surface area contributed by atoms with Crippen LogP contribution in [0.5, 0.6) is 0 Å². The van der Waals surface area contributed by atoms with E-state index in [1.54, 1.807) is 11.8 Å². The van der Waals surface area contributed by atoms with Gasteiger partial charge in [0.1, 0.15) is 47.8 Å². The molecule has 0 aromatic heterocycles. The predicted molar refractivity (Wildman–Crippen MR) is 376 cm³/mol. The number of carbonyl (C=O) groups excluding carboxylic acids is 12. The molecule has 7 fully saturated rings. The topological polar surface area (TPSA) is 270 Å². The van der Waals surface area contributed by atoms with Crippen molar-refractivity contribution in [3.8, 4) is 0 Å². The first kappa shape index (κ1) is 80.6. The van der Waals surface area contributed by atoms with Gasteiger partial charge in [-0.05, 0) is 131 Å². The van der Waals surface area contributed by atoms with Gasteiger partial charge in [0.25, 0.3) is 0 Å². The number of benzene rings is 1. The molecule has 4 aliphatic carbocycles. The molecule has 8 atom stereocenters. The highest BCUT2D eigenvalue weighted by molar-refractivity contribution is 6.31. The number of aryl methyl sites for hydroxylation is 1. The largest absolute Gasteiger partial charge is 0.417 e. The van der Waals surface area contributed by atoms with Gasteiger partial charge in [0, 0.05) is 69.0 Å². The van der Waals surface area contributed by atoms with Gasteiger partial charge in [-0.3, -0.25) is 57.5 Å². The van der Waals surface area contributed by atoms with Crippen molar-refractivity contribution in [2.45, 2.75) is 248 Å². The summed E-state index contributed by atoms with van der Waals surface area (Å²) in [6.07, 6.45) is 9.84. The third kappa shape index (κ3) is 19.7. The molecule has 24 nitrogen and oxygen atoms in total. The number of fused-ring (bicyclic) bond motifs is 1. The molecule has 8 rings (SSSR count). The number of hydrogen-bond donors (Lipinski definition) is 3. The highest BCUT2D eigenvalue weighted by atomic mass is 35.5. The molecule has 102 heavy (non-hydrogen) atoms. The van der Waals surface area contributed by atoms with Crippen molar-refractivity contribution in [1.82, 2.24) is 60.0 Å². The van der Waals surface area contributed by atoms with E-state index in [2.05, 4.69) is 16.0 Å². The summed E-state index contributed by atoms with van der Waals surface area (Å²) in [5.74, 6) is -8.64. The van der Waals surface area contributed by atoms with E-state index in [0.29, 0.717) is 82.9 Å². The van der Waals surface area contributed by atoms with Gasteiger partial charge in [0.15, 0.2) is 0 Å². The van der Waals surface area contributed by atoms with Crippen LogP contribution >= 0.6 is 11.6 Å². The third-order valence-electron chi connectivity index (χ3n) is 23.4. The number of carbonyl (C=O) groups is 12. The van der Waals surface area contributed by atoms with Crippen LogP contribution in [-0.4, -0.2) is 251 Å². The molecule has 4 saturated carbocycles. The Morgan fingerprint density at radius 3 is 1.77 bits per heavy atom. The van der Waals surface area contributed by atoms with Crippen LogP contribution in [-0.2, 0) is 70.1 Å². The quantitative estimate of drug-likeness (QED) is 0.225. The maximum Gasteiger partial charge on any atom is 0.417 e. The second-order valence-corrected chi connectivity index (χ2v) is 30.9. The summed E-state index contributed by atoms with van der Waals surface area (Å²) in [7, 11) is 10.1. The van der Waals surface area contributed by atoms with E-state index in [0.717, 1.165) is 92.6 Å². The van der Waals surface area contributed by atoms with Crippen LogP contribution in [0.15, 0.2) is 18.2 Å². The predicted octanol–water partition coefficient (Wildman–Crippen LogP) is 6.57. The van der Waals surface area contributed by atoms with Crippen molar-refractivity contribution in [1.29, 1.82) is 0 Å². The molecule has 1 spiro atoms. The van der Waals surface area contributed by atoms with E-state index < -0.39 is 173 Å². The van der Waals surface area contributed by atoms with Gasteiger partial charge in [-0.15, -0.1) is 0 Å². The summed E-state index contributed by atoms with van der Waals surface area (Å²) in [6, 6.07) is -5.39. The first-order valence-corrected chi connectivity index (χ1v) is 37.9. The van der Waals surface area contributed by atoms with E-state index in [-0.39, 0.29) is 56.9 Å². The molecule has 3 heterocycles. The zero-order valence-corrected chi connectivity index (χ0v) is 62.3. The van der Waals surface area contributed by atoms with Crippen LogP contribution in [0.2, 0.25) is 5.02 Å². The second-order valence-electron chi connectivity index (χ2n) is 30.5. The van der Waals surface area contributed by atoms with Gasteiger partial charge < -0.3 is 60.0 Å². The molecule has 1 aromatic rings. The zero-order chi connectivity index (χ0) is 74.5. The third-order valence-corrected chi connectivity index (χ3v) is 23.7. The lowest BCUT2D eigenvalue weighted by Crippen LogP contribution is -2.65. The van der Waals surface area contributed by atoms with Crippen LogP contribution in [0.3, 0.4) is 0 Å². The fraction of sp³-hybridized carbons (Fsp3) is 0.757. The van der Waals surface area contributed by atoms with E-state index in [1.807, 2.05) is 6.92 Å². The summed E-state index contributed by atoms with van der Waals surface area (Å²) >= 11 is 6.17. The Morgan fingerprint density at radius 1 is 0.588 bits per heavy atom. The molecule has 1 unspecified atom stereocenters. The first-order chi connectivity index (χ1) is 48.4. The minimum Gasteiger partial charge on any atom is -0.343 e. The van der Waals surface area contributed by atoms with Crippen molar-refractivity contribution >= 4 is 82.5 Å². The monoisotopic (exact) mass is 1450 g/mol. The van der Waals surface area contributed by atoms with Gasteiger partial charge in [-0.25, -0.2) is 0 Å². The van der Waals surface area contributed by atoms with Crippen LogP contribution in [0.25, 0.3) is 0 Å². The molecule has 3 N–H and O–H groups in total. The number of halogens is 4. The van der Waals surface area contributed by atoms with Crippen LogP contribution < -0.4 is 16.0 Å². The van der Waals surface area contributed by atoms with Crippen molar-refractivity contribution in [2.24, 2.45) is 23.7 Å². The summed E-state index contributed by atoms with van der Waals surface area (Å²) in [5.41, 5.74) is -2.33. The molecule has 7 aliphatic rings. The summed E-state index contributed by atoms with van der Waals surface area (Å²) in [5, 5.41) is 8.29. The van der Waals surface area contributed by atoms with Crippen molar-refractivity contribution in [3.05, 3.63) is 34.3 Å². The molecule has 0 radical (unpaired) electrons. The standard InChI is InChI=1S/C74H112ClF3N12O12/c1-10-47(2)62-70(100)84(5)45-60(93)82(3)46-61(94)85(6)56(42-48-25-14-11-15-26-48)68(98)83(4)44-58(91)79-54(35-33-49-32-34-52(53(75)41-49)74(76,77)78)67(97)90-40-24-31-55(90)65(95)81-73(36-20-21-37-73)72(102)88(9)64(51-27-16-12-17-28-51)71(101)86(7)57(69(99)89-38-22-13-23-39-89)43-59(92)87(8)63(66(96)80-62)50-29-18-19-30-50/h32,34,41,47-48,50-51,54-57,62-64H,10-31,33,35-40,42-46H2,1-9H3,(H,79,91)(H,80,96)(H,81,95)/t47-,54-,55?,56-,57-,62-,63-,64-/m0/s1. The number of alkyl halides is 3. The number of nitrogens with zero attached hydrogens (tertiary/aromatic N) is 9. The number of likely N-dealkylation sites (N-methyl/N-ethyl adjacent to an activating group) is 7. The smallest absolute Gasteiger partial charge is 0.343 e. The second kappa shape index (κ2) is 36.1. The van der Waals surface area contributed by atoms with Crippen LogP contribution in [0, 0.1) is 23.7 Å². The molecule has 28 heteroatoms. The summed E-state index contributed by atoms with van der Waals surface area (Å²) in [4.78, 5) is 192. The van der Waals surface area contributed by atoms with Gasteiger partial charge >= 0.3 is 6.18 Å². The van der Waals surface area contributed by atoms with Crippen molar-refractivity contribution in [2.75, 3.05) is 88.6 Å². The fourth-order valence-electron chi connectivity index (χ4n) is 16.9. The minimum atomic E-state index is -4.76. The van der Waals surface area contributed by atoms with E-state index >= 15 is 33.6 Å². The Balaban J connectivity index is 1.17. The number of rotatable bonds is 10. The van der Waals surface area contributed by atoms with Gasteiger partial charge in [0.05, 0.1) is 36.6 Å².